The van der Waals surface area contributed by atoms with E-state index in [1.54, 1.807) is 23.4 Å². The summed E-state index contributed by atoms with van der Waals surface area (Å²) in [4.78, 5) is 29.7. The van der Waals surface area contributed by atoms with Crippen LogP contribution in [0.2, 0.25) is 0 Å². The summed E-state index contributed by atoms with van der Waals surface area (Å²) in [5.41, 5.74) is 1.63. The molecule has 2 heterocycles. The molecule has 0 spiro atoms. The maximum atomic E-state index is 12.5. The number of amides is 2. The van der Waals surface area contributed by atoms with Crippen molar-refractivity contribution in [3.05, 3.63) is 54.4 Å². The number of pyridine rings is 1. The van der Waals surface area contributed by atoms with Crippen molar-refractivity contribution in [2.75, 3.05) is 11.9 Å². The van der Waals surface area contributed by atoms with Gasteiger partial charge < -0.3 is 15.0 Å². The van der Waals surface area contributed by atoms with E-state index in [9.17, 15) is 9.59 Å². The number of nitrogens with one attached hydrogen (secondary N) is 1. The van der Waals surface area contributed by atoms with Crippen LogP contribution in [0.5, 0.6) is 5.75 Å². The third-order valence-corrected chi connectivity index (χ3v) is 4.19. The lowest BCUT2D eigenvalue weighted by atomic mass is 10.2. The molecule has 0 radical (unpaired) electrons. The van der Waals surface area contributed by atoms with Crippen LogP contribution in [0.1, 0.15) is 25.3 Å². The SMILES string of the molecule is CC(=O)N1CCCC1C(=O)Nc1cccc(OCc2cccnc2)c1. The van der Waals surface area contributed by atoms with Gasteiger partial charge in [-0.05, 0) is 31.0 Å². The van der Waals surface area contributed by atoms with E-state index >= 15 is 0 Å². The first-order chi connectivity index (χ1) is 12.1. The molecule has 130 valence electrons. The van der Waals surface area contributed by atoms with Crippen LogP contribution in [0.15, 0.2) is 48.8 Å². The summed E-state index contributed by atoms with van der Waals surface area (Å²) in [6.45, 7) is 2.55. The number of rotatable bonds is 5. The summed E-state index contributed by atoms with van der Waals surface area (Å²) >= 11 is 0. The predicted molar refractivity (Wildman–Crippen MR) is 94.0 cm³/mol. The molecule has 2 aromatic rings. The van der Waals surface area contributed by atoms with Crippen LogP contribution in [-0.4, -0.2) is 34.3 Å². The zero-order valence-electron chi connectivity index (χ0n) is 14.1. The molecule has 1 aromatic heterocycles. The van der Waals surface area contributed by atoms with Crippen molar-refractivity contribution >= 4 is 17.5 Å². The molecule has 0 bridgehead atoms. The summed E-state index contributed by atoms with van der Waals surface area (Å²) in [7, 11) is 0. The van der Waals surface area contributed by atoms with Crippen molar-refractivity contribution in [1.82, 2.24) is 9.88 Å². The Labute approximate surface area is 146 Å². The zero-order valence-corrected chi connectivity index (χ0v) is 14.1. The van der Waals surface area contributed by atoms with Gasteiger partial charge in [-0.2, -0.15) is 0 Å². The van der Waals surface area contributed by atoms with E-state index in [4.69, 9.17) is 4.74 Å². The summed E-state index contributed by atoms with van der Waals surface area (Å²) in [5, 5.41) is 2.88. The zero-order chi connectivity index (χ0) is 17.6. The summed E-state index contributed by atoms with van der Waals surface area (Å²) in [6, 6.07) is 10.7. The maximum absolute atomic E-state index is 12.5. The molecule has 1 aliphatic heterocycles. The van der Waals surface area contributed by atoms with Crippen LogP contribution >= 0.6 is 0 Å². The topological polar surface area (TPSA) is 71.5 Å². The van der Waals surface area contributed by atoms with Crippen LogP contribution in [-0.2, 0) is 16.2 Å². The number of nitrogens with zero attached hydrogens (tertiary/aromatic N) is 2. The van der Waals surface area contributed by atoms with E-state index in [2.05, 4.69) is 10.3 Å². The molecule has 0 aliphatic carbocycles. The molecule has 1 saturated heterocycles. The second-order valence-electron chi connectivity index (χ2n) is 6.04. The Hall–Kier alpha value is -2.89. The standard InChI is InChI=1S/C19H21N3O3/c1-14(23)22-10-4-8-18(22)19(24)21-16-6-2-7-17(11-16)25-13-15-5-3-9-20-12-15/h2-3,5-7,9,11-12,18H,4,8,10,13H2,1H3,(H,21,24). The number of benzene rings is 1. The number of carbonyl (C=O) groups excluding carboxylic acids is 2. The van der Waals surface area contributed by atoms with Crippen molar-refractivity contribution in [1.29, 1.82) is 0 Å². The predicted octanol–water partition coefficient (Wildman–Crippen LogP) is 2.61. The molecule has 3 rings (SSSR count). The van der Waals surface area contributed by atoms with Gasteiger partial charge in [-0.15, -0.1) is 0 Å². The highest BCUT2D eigenvalue weighted by Crippen LogP contribution is 2.22. The molecule has 1 unspecified atom stereocenters. The average molecular weight is 339 g/mol. The van der Waals surface area contributed by atoms with E-state index in [1.165, 1.54) is 6.92 Å². The number of hydrogen-bond donors (Lipinski definition) is 1. The van der Waals surface area contributed by atoms with Crippen molar-refractivity contribution in [2.45, 2.75) is 32.4 Å². The molecule has 6 heteroatoms. The largest absolute Gasteiger partial charge is 0.489 e. The molecule has 1 N–H and O–H groups in total. The lowest BCUT2D eigenvalue weighted by molar-refractivity contribution is -0.134. The lowest BCUT2D eigenvalue weighted by Crippen LogP contribution is -2.42. The molecule has 0 saturated carbocycles. The molecule has 1 fully saturated rings. The Bertz CT molecular complexity index is 749. The van der Waals surface area contributed by atoms with Crippen LogP contribution in [0.25, 0.3) is 0 Å². The second kappa shape index (κ2) is 7.79. The minimum absolute atomic E-state index is 0.0637. The normalized spacial score (nSPS) is 16.5. The van der Waals surface area contributed by atoms with E-state index in [1.807, 2.05) is 30.3 Å². The van der Waals surface area contributed by atoms with E-state index in [-0.39, 0.29) is 11.8 Å². The van der Waals surface area contributed by atoms with Gasteiger partial charge in [0.1, 0.15) is 18.4 Å². The minimum atomic E-state index is -0.391. The van der Waals surface area contributed by atoms with Crippen LogP contribution in [0.3, 0.4) is 0 Å². The summed E-state index contributed by atoms with van der Waals surface area (Å²) in [6.07, 6.45) is 5.02. The molecule has 25 heavy (non-hydrogen) atoms. The fraction of sp³-hybridized carbons (Fsp3) is 0.316. The van der Waals surface area contributed by atoms with Gasteiger partial charge in [0.05, 0.1) is 0 Å². The first-order valence-electron chi connectivity index (χ1n) is 8.33. The number of hydrogen-bond acceptors (Lipinski definition) is 4. The highest BCUT2D eigenvalue weighted by atomic mass is 16.5. The van der Waals surface area contributed by atoms with Crippen molar-refractivity contribution in [3.63, 3.8) is 0 Å². The van der Waals surface area contributed by atoms with Crippen molar-refractivity contribution in [3.8, 4) is 5.75 Å². The smallest absolute Gasteiger partial charge is 0.247 e. The molecule has 2 amide bonds. The van der Waals surface area contributed by atoms with E-state index in [0.29, 0.717) is 31.0 Å². The Kier molecular flexibility index (Phi) is 5.28. The number of aromatic nitrogens is 1. The molecule has 1 aromatic carbocycles. The monoisotopic (exact) mass is 339 g/mol. The van der Waals surface area contributed by atoms with Gasteiger partial charge in [0.15, 0.2) is 0 Å². The summed E-state index contributed by atoms with van der Waals surface area (Å²) in [5.74, 6) is 0.444. The quantitative estimate of drug-likeness (QED) is 0.909. The third-order valence-electron chi connectivity index (χ3n) is 4.19. The molecular weight excluding hydrogens is 318 g/mol. The van der Waals surface area contributed by atoms with E-state index < -0.39 is 6.04 Å². The fourth-order valence-electron chi connectivity index (χ4n) is 2.96. The van der Waals surface area contributed by atoms with Gasteiger partial charge in [0.25, 0.3) is 0 Å². The average Bonchev–Trinajstić information content (AvgIpc) is 3.11. The first-order valence-corrected chi connectivity index (χ1v) is 8.33. The molecule has 1 aliphatic rings. The third kappa shape index (κ3) is 4.35. The van der Waals surface area contributed by atoms with Crippen molar-refractivity contribution in [2.24, 2.45) is 0 Å². The Morgan fingerprint density at radius 2 is 2.20 bits per heavy atom. The summed E-state index contributed by atoms with van der Waals surface area (Å²) < 4.78 is 5.74. The molecule has 1 atom stereocenters. The number of anilines is 1. The highest BCUT2D eigenvalue weighted by Gasteiger charge is 2.32. The van der Waals surface area contributed by atoms with Gasteiger partial charge in [0, 0.05) is 43.2 Å². The first kappa shape index (κ1) is 17.0. The minimum Gasteiger partial charge on any atom is -0.489 e. The fourth-order valence-corrected chi connectivity index (χ4v) is 2.96. The van der Waals surface area contributed by atoms with E-state index in [0.717, 1.165) is 12.0 Å². The van der Waals surface area contributed by atoms with Gasteiger partial charge in [-0.3, -0.25) is 14.6 Å². The van der Waals surface area contributed by atoms with Crippen LogP contribution in [0, 0.1) is 0 Å². The Balaban J connectivity index is 1.61. The highest BCUT2D eigenvalue weighted by molar-refractivity contribution is 5.97. The number of carbonyl (C=O) groups is 2. The van der Waals surface area contributed by atoms with Gasteiger partial charge in [-0.25, -0.2) is 0 Å². The second-order valence-corrected chi connectivity index (χ2v) is 6.04. The molecular formula is C19H21N3O3. The van der Waals surface area contributed by atoms with Crippen LogP contribution in [0.4, 0.5) is 5.69 Å². The number of likely N-dealkylation sites (tertiary alicyclic amines) is 1. The lowest BCUT2D eigenvalue weighted by Gasteiger charge is -2.22. The molecule has 6 nitrogen and oxygen atoms in total. The Morgan fingerprint density at radius 3 is 2.96 bits per heavy atom. The number of ether oxygens (including phenoxy) is 1. The Morgan fingerprint density at radius 1 is 1.32 bits per heavy atom. The van der Waals surface area contributed by atoms with Crippen molar-refractivity contribution < 1.29 is 14.3 Å². The van der Waals surface area contributed by atoms with Gasteiger partial charge in [-0.1, -0.05) is 12.1 Å². The van der Waals surface area contributed by atoms with Crippen LogP contribution < -0.4 is 10.1 Å². The van der Waals surface area contributed by atoms with Gasteiger partial charge in [0.2, 0.25) is 11.8 Å². The van der Waals surface area contributed by atoms with Gasteiger partial charge >= 0.3 is 0 Å². The maximum Gasteiger partial charge on any atom is 0.247 e.